The first kappa shape index (κ1) is 13.9. The molecule has 2 N–H and O–H groups in total. The molecule has 1 saturated carbocycles. The Morgan fingerprint density at radius 2 is 2.19 bits per heavy atom. The van der Waals surface area contributed by atoms with E-state index in [1.54, 1.807) is 0 Å². The zero-order valence-corrected chi connectivity index (χ0v) is 10.5. The molecule has 0 radical (unpaired) electrons. The highest BCUT2D eigenvalue weighted by molar-refractivity contribution is 7.89. The number of aliphatic hydroxyl groups excluding tert-OH is 1. The van der Waals surface area contributed by atoms with Crippen molar-refractivity contribution in [2.24, 2.45) is 5.92 Å². The van der Waals surface area contributed by atoms with Crippen LogP contribution in [0.25, 0.3) is 0 Å². The van der Waals surface area contributed by atoms with E-state index >= 15 is 0 Å². The van der Waals surface area contributed by atoms with Gasteiger partial charge in [0, 0.05) is 13.7 Å². The summed E-state index contributed by atoms with van der Waals surface area (Å²) in [5.41, 5.74) is 0. The summed E-state index contributed by atoms with van der Waals surface area (Å²) in [4.78, 5) is 0. The summed E-state index contributed by atoms with van der Waals surface area (Å²) in [6.07, 6.45) is 3.25. The molecule has 1 fully saturated rings. The largest absolute Gasteiger partial charge is 0.393 e. The molecule has 6 heteroatoms. The van der Waals surface area contributed by atoms with E-state index in [9.17, 15) is 13.5 Å². The average Bonchev–Trinajstić information content (AvgIpc) is 2.24. The van der Waals surface area contributed by atoms with Gasteiger partial charge >= 0.3 is 0 Å². The van der Waals surface area contributed by atoms with E-state index in [-0.39, 0.29) is 24.4 Å². The molecule has 16 heavy (non-hydrogen) atoms. The first-order valence-electron chi connectivity index (χ1n) is 5.68. The molecule has 2 unspecified atom stereocenters. The van der Waals surface area contributed by atoms with Gasteiger partial charge in [0.15, 0.2) is 0 Å². The Kier molecular flexibility index (Phi) is 5.68. The average molecular weight is 251 g/mol. The number of hydrogen-bond donors (Lipinski definition) is 2. The van der Waals surface area contributed by atoms with Crippen LogP contribution < -0.4 is 4.72 Å². The Bertz CT molecular complexity index is 291. The molecular formula is C10H21NO4S. The maximum absolute atomic E-state index is 11.5. The van der Waals surface area contributed by atoms with Crippen LogP contribution >= 0.6 is 0 Å². The van der Waals surface area contributed by atoms with Crippen LogP contribution in [0.2, 0.25) is 0 Å². The van der Waals surface area contributed by atoms with Crippen LogP contribution in [-0.4, -0.2) is 45.6 Å². The van der Waals surface area contributed by atoms with Crippen LogP contribution in [0.5, 0.6) is 0 Å². The van der Waals surface area contributed by atoms with Crippen LogP contribution in [0.1, 0.15) is 25.7 Å². The van der Waals surface area contributed by atoms with Crippen LogP contribution in [0.15, 0.2) is 0 Å². The zero-order valence-electron chi connectivity index (χ0n) is 9.68. The summed E-state index contributed by atoms with van der Waals surface area (Å²) in [7, 11) is -1.74. The van der Waals surface area contributed by atoms with Gasteiger partial charge in [-0.15, -0.1) is 0 Å². The summed E-state index contributed by atoms with van der Waals surface area (Å²) in [6.45, 7) is 0.645. The first-order valence-corrected chi connectivity index (χ1v) is 7.33. The predicted octanol–water partition coefficient (Wildman–Crippen LogP) is 0.103. The highest BCUT2D eigenvalue weighted by Crippen LogP contribution is 2.23. The molecule has 0 aromatic heterocycles. The highest BCUT2D eigenvalue weighted by atomic mass is 32.2. The fourth-order valence-electron chi connectivity index (χ4n) is 1.96. The van der Waals surface area contributed by atoms with Crippen LogP contribution in [0.3, 0.4) is 0 Å². The lowest BCUT2D eigenvalue weighted by Gasteiger charge is -2.25. The van der Waals surface area contributed by atoms with Crippen LogP contribution in [-0.2, 0) is 14.8 Å². The minimum atomic E-state index is -3.22. The quantitative estimate of drug-likeness (QED) is 0.702. The Morgan fingerprint density at radius 3 is 2.81 bits per heavy atom. The Labute approximate surface area is 97.2 Å². The molecule has 0 spiro atoms. The molecule has 0 aromatic rings. The third kappa shape index (κ3) is 5.25. The fourth-order valence-corrected chi connectivity index (χ4v) is 2.98. The molecule has 96 valence electrons. The Hall–Kier alpha value is -0.170. The molecule has 0 saturated heterocycles. The topological polar surface area (TPSA) is 75.6 Å². The van der Waals surface area contributed by atoms with Crippen LogP contribution in [0.4, 0.5) is 0 Å². The lowest BCUT2D eigenvalue weighted by molar-refractivity contribution is 0.102. The van der Waals surface area contributed by atoms with E-state index in [0.717, 1.165) is 19.3 Å². The van der Waals surface area contributed by atoms with Gasteiger partial charge in [0.1, 0.15) is 0 Å². The second kappa shape index (κ2) is 6.54. The molecule has 1 rings (SSSR count). The van der Waals surface area contributed by atoms with Gasteiger partial charge in [-0.25, -0.2) is 13.1 Å². The van der Waals surface area contributed by atoms with Gasteiger partial charge in [-0.05, 0) is 25.2 Å². The van der Waals surface area contributed by atoms with E-state index in [1.165, 1.54) is 7.11 Å². The van der Waals surface area contributed by atoms with Crippen molar-refractivity contribution in [1.82, 2.24) is 4.72 Å². The van der Waals surface area contributed by atoms with Crippen LogP contribution in [0, 0.1) is 5.92 Å². The Morgan fingerprint density at radius 1 is 1.44 bits per heavy atom. The second-order valence-electron chi connectivity index (χ2n) is 4.35. The van der Waals surface area contributed by atoms with Gasteiger partial charge in [0.25, 0.3) is 0 Å². The molecule has 2 atom stereocenters. The van der Waals surface area contributed by atoms with Gasteiger partial charge in [-0.1, -0.05) is 6.42 Å². The van der Waals surface area contributed by atoms with Crippen molar-refractivity contribution >= 4 is 10.0 Å². The van der Waals surface area contributed by atoms with Gasteiger partial charge in [-0.2, -0.15) is 0 Å². The lowest BCUT2D eigenvalue weighted by Crippen LogP contribution is -2.35. The van der Waals surface area contributed by atoms with Crippen molar-refractivity contribution in [2.45, 2.75) is 31.8 Å². The van der Waals surface area contributed by atoms with Crippen molar-refractivity contribution in [2.75, 3.05) is 26.0 Å². The molecule has 0 bridgehead atoms. The monoisotopic (exact) mass is 251 g/mol. The van der Waals surface area contributed by atoms with Crippen molar-refractivity contribution < 1.29 is 18.3 Å². The number of rotatable bonds is 6. The van der Waals surface area contributed by atoms with Crippen molar-refractivity contribution in [1.29, 1.82) is 0 Å². The van der Waals surface area contributed by atoms with E-state index in [0.29, 0.717) is 13.0 Å². The van der Waals surface area contributed by atoms with Gasteiger partial charge in [0.05, 0.1) is 18.5 Å². The van der Waals surface area contributed by atoms with Crippen molar-refractivity contribution in [3.05, 3.63) is 0 Å². The maximum Gasteiger partial charge on any atom is 0.213 e. The molecular weight excluding hydrogens is 230 g/mol. The van der Waals surface area contributed by atoms with E-state index < -0.39 is 10.0 Å². The maximum atomic E-state index is 11.5. The van der Waals surface area contributed by atoms with Gasteiger partial charge in [-0.3, -0.25) is 0 Å². The first-order chi connectivity index (χ1) is 7.53. The minimum Gasteiger partial charge on any atom is -0.393 e. The summed E-state index contributed by atoms with van der Waals surface area (Å²) in [5.74, 6) is 0.264. The normalized spacial score (nSPS) is 26.9. The number of aliphatic hydroxyl groups is 1. The molecule has 0 amide bonds. The molecule has 1 aliphatic rings. The third-order valence-corrected chi connectivity index (χ3v) is 4.21. The third-order valence-electron chi connectivity index (χ3n) is 2.90. The number of hydrogen-bond acceptors (Lipinski definition) is 4. The van der Waals surface area contributed by atoms with Crippen molar-refractivity contribution in [3.8, 4) is 0 Å². The van der Waals surface area contributed by atoms with E-state index in [2.05, 4.69) is 4.72 Å². The predicted molar refractivity (Wildman–Crippen MR) is 61.6 cm³/mol. The number of ether oxygens (including phenoxy) is 1. The molecule has 0 heterocycles. The summed E-state index contributed by atoms with van der Waals surface area (Å²) in [6, 6.07) is 0. The van der Waals surface area contributed by atoms with E-state index in [1.807, 2.05) is 0 Å². The lowest BCUT2D eigenvalue weighted by atomic mass is 9.87. The fraction of sp³-hybridized carbons (Fsp3) is 1.00. The second-order valence-corrected chi connectivity index (χ2v) is 6.27. The smallest absolute Gasteiger partial charge is 0.213 e. The number of methoxy groups -OCH3 is 1. The summed E-state index contributed by atoms with van der Waals surface area (Å²) >= 11 is 0. The molecule has 0 aromatic carbocycles. The molecule has 1 aliphatic carbocycles. The van der Waals surface area contributed by atoms with Crippen molar-refractivity contribution in [3.63, 3.8) is 0 Å². The molecule has 5 nitrogen and oxygen atoms in total. The van der Waals surface area contributed by atoms with Gasteiger partial charge < -0.3 is 9.84 Å². The Balaban J connectivity index is 2.27. The van der Waals surface area contributed by atoms with Gasteiger partial charge in [0.2, 0.25) is 10.0 Å². The van der Waals surface area contributed by atoms with E-state index in [4.69, 9.17) is 4.74 Å². The highest BCUT2D eigenvalue weighted by Gasteiger charge is 2.21. The number of nitrogens with one attached hydrogen (secondary N) is 1. The summed E-state index contributed by atoms with van der Waals surface area (Å²) in [5, 5.41) is 9.45. The SMILES string of the molecule is COCCS(=O)(=O)NCC1CCCC(O)C1. The zero-order chi connectivity index (χ0) is 12.0. The number of sulfonamides is 1. The standard InChI is InChI=1S/C10H21NO4S/c1-15-5-6-16(13,14)11-8-9-3-2-4-10(12)7-9/h9-12H,2-8H2,1H3. The molecule has 0 aliphatic heterocycles. The minimum absolute atomic E-state index is 0.00122. The summed E-state index contributed by atoms with van der Waals surface area (Å²) < 4.78 is 30.2.